The number of amides is 2. The van der Waals surface area contributed by atoms with E-state index >= 15 is 0 Å². The summed E-state index contributed by atoms with van der Waals surface area (Å²) in [6.45, 7) is 5.71. The molecule has 1 aromatic heterocycles. The van der Waals surface area contributed by atoms with Crippen molar-refractivity contribution in [3.8, 4) is 0 Å². The van der Waals surface area contributed by atoms with Gasteiger partial charge < -0.3 is 15.0 Å². The number of nitrogens with zero attached hydrogens (tertiary/aromatic N) is 4. The van der Waals surface area contributed by atoms with Crippen molar-refractivity contribution in [2.24, 2.45) is 0 Å². The van der Waals surface area contributed by atoms with E-state index in [1.807, 2.05) is 49.1 Å². The number of nitrogens with one attached hydrogen (secondary N) is 1. The molecular formula is C17H23N5O2. The van der Waals surface area contributed by atoms with Gasteiger partial charge in [0, 0.05) is 6.54 Å². The van der Waals surface area contributed by atoms with Gasteiger partial charge in [-0.15, -0.1) is 0 Å². The maximum absolute atomic E-state index is 12.8. The molecule has 0 unspecified atom stereocenters. The van der Waals surface area contributed by atoms with Crippen molar-refractivity contribution in [2.45, 2.75) is 38.6 Å². The van der Waals surface area contributed by atoms with Gasteiger partial charge in [0.2, 0.25) is 0 Å². The smallest absolute Gasteiger partial charge is 0.318 e. The molecule has 1 N–H and O–H groups in total. The van der Waals surface area contributed by atoms with E-state index in [0.29, 0.717) is 19.7 Å². The average Bonchev–Trinajstić information content (AvgIpc) is 3.10. The lowest BCUT2D eigenvalue weighted by molar-refractivity contribution is -0.0380. The number of rotatable bonds is 4. The topological polar surface area (TPSA) is 72.3 Å². The molecule has 24 heavy (non-hydrogen) atoms. The highest BCUT2D eigenvalue weighted by Crippen LogP contribution is 2.18. The zero-order chi connectivity index (χ0) is 16.9. The zero-order valence-electron chi connectivity index (χ0n) is 14.0. The molecule has 2 aromatic rings. The second kappa shape index (κ2) is 7.44. The molecular weight excluding hydrogens is 306 g/mol. The van der Waals surface area contributed by atoms with Crippen LogP contribution in [0.4, 0.5) is 4.79 Å². The second-order valence-corrected chi connectivity index (χ2v) is 6.04. The van der Waals surface area contributed by atoms with Gasteiger partial charge >= 0.3 is 6.03 Å². The summed E-state index contributed by atoms with van der Waals surface area (Å²) in [5.74, 6) is 0. The first kappa shape index (κ1) is 16.4. The largest absolute Gasteiger partial charge is 0.375 e. The van der Waals surface area contributed by atoms with Gasteiger partial charge in [0.25, 0.3) is 0 Å². The fourth-order valence-corrected chi connectivity index (χ4v) is 2.89. The highest BCUT2D eigenvalue weighted by Gasteiger charge is 2.30. The van der Waals surface area contributed by atoms with E-state index in [1.54, 1.807) is 11.0 Å². The number of aromatic nitrogens is 3. The van der Waals surface area contributed by atoms with E-state index in [1.165, 1.54) is 6.33 Å². The third kappa shape index (κ3) is 3.73. The number of hydrogen-bond donors (Lipinski definition) is 1. The van der Waals surface area contributed by atoms with Crippen LogP contribution in [0.15, 0.2) is 43.0 Å². The van der Waals surface area contributed by atoms with Crippen molar-refractivity contribution < 1.29 is 9.53 Å². The van der Waals surface area contributed by atoms with Crippen LogP contribution < -0.4 is 5.32 Å². The summed E-state index contributed by atoms with van der Waals surface area (Å²) in [6, 6.07) is 9.70. The minimum Gasteiger partial charge on any atom is -0.375 e. The van der Waals surface area contributed by atoms with E-state index in [-0.39, 0.29) is 24.2 Å². The summed E-state index contributed by atoms with van der Waals surface area (Å²) >= 11 is 0. The molecule has 1 aliphatic rings. The summed E-state index contributed by atoms with van der Waals surface area (Å²) in [4.78, 5) is 18.6. The lowest BCUT2D eigenvalue weighted by Crippen LogP contribution is -2.55. The number of morpholine rings is 1. The Balaban J connectivity index is 1.74. The van der Waals surface area contributed by atoms with Crippen LogP contribution in [0.25, 0.3) is 0 Å². The van der Waals surface area contributed by atoms with E-state index < -0.39 is 0 Å². The summed E-state index contributed by atoms with van der Waals surface area (Å²) in [7, 11) is 0. The molecule has 3 rings (SSSR count). The lowest BCUT2D eigenvalue weighted by atomic mass is 10.1. The lowest BCUT2D eigenvalue weighted by Gasteiger charge is -2.38. The summed E-state index contributed by atoms with van der Waals surface area (Å²) in [6.07, 6.45) is 3.19. The number of urea groups is 1. The van der Waals surface area contributed by atoms with Gasteiger partial charge in [0.15, 0.2) is 0 Å². The first-order chi connectivity index (χ1) is 11.6. The molecule has 0 spiro atoms. The minimum absolute atomic E-state index is 0.0370. The summed E-state index contributed by atoms with van der Waals surface area (Å²) < 4.78 is 7.33. The highest BCUT2D eigenvalue weighted by molar-refractivity contribution is 5.75. The van der Waals surface area contributed by atoms with Crippen LogP contribution in [0.5, 0.6) is 0 Å². The Kier molecular flexibility index (Phi) is 5.10. The number of benzene rings is 1. The minimum atomic E-state index is -0.175. The highest BCUT2D eigenvalue weighted by atomic mass is 16.5. The first-order valence-corrected chi connectivity index (χ1v) is 8.21. The molecule has 0 bridgehead atoms. The fraction of sp³-hybridized carbons (Fsp3) is 0.471. The number of carbonyl (C=O) groups is 1. The predicted octanol–water partition coefficient (Wildman–Crippen LogP) is 1.84. The molecule has 7 heteroatoms. The van der Waals surface area contributed by atoms with Gasteiger partial charge in [-0.2, -0.15) is 5.10 Å². The van der Waals surface area contributed by atoms with Crippen molar-refractivity contribution in [1.82, 2.24) is 25.0 Å². The standard InChI is InChI=1S/C17H23N5O2/c1-13-14(2)24-9-8-22(13)17(23)20-16(10-21-12-18-11-19-21)15-6-4-3-5-7-15/h3-7,11-14,16H,8-10H2,1-2H3,(H,20,23)/t13-,14+,16+/m1/s1. The summed E-state index contributed by atoms with van der Waals surface area (Å²) in [5.41, 5.74) is 1.04. The monoisotopic (exact) mass is 329 g/mol. The molecule has 0 saturated carbocycles. The van der Waals surface area contributed by atoms with Gasteiger partial charge in [0.05, 0.1) is 31.3 Å². The zero-order valence-corrected chi connectivity index (χ0v) is 14.0. The molecule has 0 radical (unpaired) electrons. The van der Waals surface area contributed by atoms with Crippen LogP contribution in [0.2, 0.25) is 0 Å². The van der Waals surface area contributed by atoms with Crippen LogP contribution in [-0.4, -0.2) is 51.0 Å². The summed E-state index contributed by atoms with van der Waals surface area (Å²) in [5, 5.41) is 7.28. The van der Waals surface area contributed by atoms with Gasteiger partial charge in [-0.1, -0.05) is 30.3 Å². The third-order valence-corrected chi connectivity index (χ3v) is 4.48. The molecule has 3 atom stereocenters. The van der Waals surface area contributed by atoms with E-state index in [2.05, 4.69) is 15.4 Å². The quantitative estimate of drug-likeness (QED) is 0.929. The molecule has 0 aliphatic carbocycles. The van der Waals surface area contributed by atoms with Gasteiger partial charge in [0.1, 0.15) is 12.7 Å². The molecule has 1 aliphatic heterocycles. The number of carbonyl (C=O) groups excluding carboxylic acids is 1. The Morgan fingerprint density at radius 1 is 1.38 bits per heavy atom. The Bertz CT molecular complexity index is 646. The van der Waals surface area contributed by atoms with E-state index in [0.717, 1.165) is 5.56 Å². The van der Waals surface area contributed by atoms with Crippen LogP contribution in [0, 0.1) is 0 Å². The number of hydrogen-bond acceptors (Lipinski definition) is 4. The Morgan fingerprint density at radius 2 is 2.17 bits per heavy atom. The molecule has 2 heterocycles. The molecule has 7 nitrogen and oxygen atoms in total. The van der Waals surface area contributed by atoms with Crippen molar-refractivity contribution in [3.05, 3.63) is 48.5 Å². The maximum Gasteiger partial charge on any atom is 0.318 e. The van der Waals surface area contributed by atoms with Crippen molar-refractivity contribution in [3.63, 3.8) is 0 Å². The van der Waals surface area contributed by atoms with Crippen LogP contribution in [0.1, 0.15) is 25.5 Å². The fourth-order valence-electron chi connectivity index (χ4n) is 2.89. The van der Waals surface area contributed by atoms with Crippen LogP contribution in [-0.2, 0) is 11.3 Å². The SMILES string of the molecule is C[C@@H]1OCCN(C(=O)N[C@@H](Cn2cncn2)c2ccccc2)[C@@H]1C. The van der Waals surface area contributed by atoms with Crippen LogP contribution >= 0.6 is 0 Å². The molecule has 1 fully saturated rings. The maximum atomic E-state index is 12.8. The average molecular weight is 329 g/mol. The predicted molar refractivity (Wildman–Crippen MR) is 89.3 cm³/mol. The van der Waals surface area contributed by atoms with E-state index in [4.69, 9.17) is 4.74 Å². The van der Waals surface area contributed by atoms with Gasteiger partial charge in [-0.3, -0.25) is 4.68 Å². The van der Waals surface area contributed by atoms with Crippen LogP contribution in [0.3, 0.4) is 0 Å². The van der Waals surface area contributed by atoms with Crippen molar-refractivity contribution >= 4 is 6.03 Å². The Hall–Kier alpha value is -2.41. The van der Waals surface area contributed by atoms with Gasteiger partial charge in [-0.05, 0) is 19.4 Å². The Labute approximate surface area is 141 Å². The normalized spacial score (nSPS) is 22.2. The number of ether oxygens (including phenoxy) is 1. The van der Waals surface area contributed by atoms with Crippen molar-refractivity contribution in [1.29, 1.82) is 0 Å². The van der Waals surface area contributed by atoms with Crippen molar-refractivity contribution in [2.75, 3.05) is 13.2 Å². The van der Waals surface area contributed by atoms with Gasteiger partial charge in [-0.25, -0.2) is 9.78 Å². The Morgan fingerprint density at radius 3 is 2.88 bits per heavy atom. The second-order valence-electron chi connectivity index (χ2n) is 6.04. The molecule has 1 aromatic carbocycles. The molecule has 1 saturated heterocycles. The molecule has 2 amide bonds. The van der Waals surface area contributed by atoms with E-state index in [9.17, 15) is 4.79 Å². The molecule has 128 valence electrons. The first-order valence-electron chi connectivity index (χ1n) is 8.21. The third-order valence-electron chi connectivity index (χ3n) is 4.48.